The number of ether oxygens (including phenoxy) is 2. The Morgan fingerprint density at radius 1 is 0.875 bits per heavy atom. The molecule has 0 unspecified atom stereocenters. The first-order chi connectivity index (χ1) is 11.4. The predicted octanol–water partition coefficient (Wildman–Crippen LogP) is 4.91. The second kappa shape index (κ2) is 9.62. The molecule has 24 heavy (non-hydrogen) atoms. The number of rotatable bonds is 4. The molecular formula is C17H17Cl3O4. The van der Waals surface area contributed by atoms with Gasteiger partial charge in [-0.05, 0) is 35.4 Å². The van der Waals surface area contributed by atoms with Crippen molar-refractivity contribution >= 4 is 41.3 Å². The highest BCUT2D eigenvalue weighted by molar-refractivity contribution is 6.68. The summed E-state index contributed by atoms with van der Waals surface area (Å²) in [5, 5.41) is 6.89. The number of methoxy groups -OCH3 is 2. The lowest BCUT2D eigenvalue weighted by atomic mass is 9.92. The van der Waals surface area contributed by atoms with Crippen LogP contribution < -0.4 is 9.47 Å². The van der Waals surface area contributed by atoms with Gasteiger partial charge in [-0.25, -0.2) is 0 Å². The number of carboxylic acid groups (broad SMARTS) is 1. The van der Waals surface area contributed by atoms with Crippen molar-refractivity contribution in [1.29, 1.82) is 0 Å². The van der Waals surface area contributed by atoms with E-state index < -0.39 is 3.79 Å². The molecule has 4 nitrogen and oxygen atoms in total. The van der Waals surface area contributed by atoms with E-state index in [9.17, 15) is 0 Å². The minimum absolute atomic E-state index is 0.250. The average molecular weight is 392 g/mol. The van der Waals surface area contributed by atoms with Crippen molar-refractivity contribution in [3.63, 3.8) is 0 Å². The van der Waals surface area contributed by atoms with Gasteiger partial charge in [-0.2, -0.15) is 0 Å². The maximum absolute atomic E-state index is 8.36. The molecule has 0 saturated heterocycles. The third-order valence-corrected chi connectivity index (χ3v) is 3.88. The van der Waals surface area contributed by atoms with Crippen LogP contribution in [0, 0.1) is 0 Å². The van der Waals surface area contributed by atoms with Crippen molar-refractivity contribution in [2.45, 2.75) is 9.71 Å². The second-order valence-electron chi connectivity index (χ2n) is 4.63. The zero-order valence-corrected chi connectivity index (χ0v) is 15.3. The smallest absolute Gasteiger partial charge is 0.290 e. The summed E-state index contributed by atoms with van der Waals surface area (Å²) < 4.78 is 8.85. The summed E-state index contributed by atoms with van der Waals surface area (Å²) in [4.78, 5) is 8.36. The van der Waals surface area contributed by atoms with Crippen LogP contribution in [-0.2, 0) is 4.79 Å². The van der Waals surface area contributed by atoms with Crippen LogP contribution in [0.15, 0.2) is 48.5 Å². The van der Waals surface area contributed by atoms with Crippen molar-refractivity contribution in [3.05, 3.63) is 59.7 Å². The summed E-state index contributed by atoms with van der Waals surface area (Å²) >= 11 is 18.6. The highest BCUT2D eigenvalue weighted by Gasteiger charge is 2.35. The number of hydrogen-bond donors (Lipinski definition) is 1. The Balaban J connectivity index is 0.000000891. The molecule has 0 radical (unpaired) electrons. The fraction of sp³-hybridized carbons (Fsp3) is 0.235. The molecule has 0 heterocycles. The molecule has 0 amide bonds. The van der Waals surface area contributed by atoms with E-state index in [1.165, 1.54) is 0 Å². The maximum atomic E-state index is 8.36. The molecule has 2 rings (SSSR count). The Kier molecular flexibility index (Phi) is 8.19. The molecule has 0 saturated carbocycles. The highest BCUT2D eigenvalue weighted by Crippen LogP contribution is 2.46. The van der Waals surface area contributed by atoms with E-state index in [0.717, 1.165) is 22.6 Å². The fourth-order valence-corrected chi connectivity index (χ4v) is 2.92. The van der Waals surface area contributed by atoms with Gasteiger partial charge < -0.3 is 14.6 Å². The molecule has 0 fully saturated rings. The topological polar surface area (TPSA) is 55.8 Å². The van der Waals surface area contributed by atoms with Crippen LogP contribution in [0.25, 0.3) is 0 Å². The maximum Gasteiger partial charge on any atom is 0.290 e. The molecule has 0 bridgehead atoms. The number of benzene rings is 2. The van der Waals surface area contributed by atoms with E-state index in [4.69, 9.17) is 54.2 Å². The van der Waals surface area contributed by atoms with Crippen LogP contribution in [0.4, 0.5) is 0 Å². The normalized spacial score (nSPS) is 10.6. The lowest BCUT2D eigenvalue weighted by molar-refractivity contribution is -0.122. The van der Waals surface area contributed by atoms with Crippen molar-refractivity contribution in [2.24, 2.45) is 0 Å². The van der Waals surface area contributed by atoms with Gasteiger partial charge >= 0.3 is 0 Å². The summed E-state index contributed by atoms with van der Waals surface area (Å²) in [6, 6.07) is 15.0. The van der Waals surface area contributed by atoms with E-state index in [0.29, 0.717) is 0 Å². The summed E-state index contributed by atoms with van der Waals surface area (Å²) in [5.74, 6) is 1.15. The van der Waals surface area contributed by atoms with Crippen molar-refractivity contribution < 1.29 is 19.4 Å². The monoisotopic (exact) mass is 390 g/mol. The molecule has 2 aromatic rings. The molecule has 0 spiro atoms. The zero-order chi connectivity index (χ0) is 18.2. The molecule has 0 aromatic heterocycles. The quantitative estimate of drug-likeness (QED) is 0.594. The third kappa shape index (κ3) is 5.78. The van der Waals surface area contributed by atoms with Crippen LogP contribution in [0.1, 0.15) is 17.0 Å². The van der Waals surface area contributed by atoms with E-state index in [2.05, 4.69) is 0 Å². The van der Waals surface area contributed by atoms with Gasteiger partial charge in [0.1, 0.15) is 11.5 Å². The lowest BCUT2D eigenvalue weighted by Gasteiger charge is -2.25. The minimum atomic E-state index is -1.46. The number of alkyl halides is 3. The van der Waals surface area contributed by atoms with Gasteiger partial charge in [0.2, 0.25) is 3.79 Å². The average Bonchev–Trinajstić information content (AvgIpc) is 2.56. The second-order valence-corrected chi connectivity index (χ2v) is 7.00. The van der Waals surface area contributed by atoms with Crippen LogP contribution in [0.2, 0.25) is 0 Å². The molecule has 0 aliphatic heterocycles. The summed E-state index contributed by atoms with van der Waals surface area (Å²) in [6.07, 6.45) is 0. The molecule has 0 aliphatic carbocycles. The van der Waals surface area contributed by atoms with Gasteiger partial charge in [-0.3, -0.25) is 4.79 Å². The van der Waals surface area contributed by atoms with Gasteiger partial charge in [-0.15, -0.1) is 0 Å². The van der Waals surface area contributed by atoms with Crippen molar-refractivity contribution in [1.82, 2.24) is 0 Å². The number of halogens is 3. The summed E-state index contributed by atoms with van der Waals surface area (Å²) in [5.41, 5.74) is 1.81. The van der Waals surface area contributed by atoms with Crippen molar-refractivity contribution in [2.75, 3.05) is 14.2 Å². The SMILES string of the molecule is COc1ccc(C(c2ccc(OC)cc2)C(Cl)(Cl)Cl)cc1.O=CO. The molecule has 2 aromatic carbocycles. The minimum Gasteiger partial charge on any atom is -0.497 e. The van der Waals surface area contributed by atoms with Gasteiger partial charge in [0.25, 0.3) is 6.47 Å². The van der Waals surface area contributed by atoms with Gasteiger partial charge in [0.15, 0.2) is 0 Å². The Labute approximate surface area is 155 Å². The Bertz CT molecular complexity index is 574. The Hall–Kier alpha value is -1.62. The van der Waals surface area contributed by atoms with Crippen LogP contribution in [-0.4, -0.2) is 29.6 Å². The van der Waals surface area contributed by atoms with Crippen LogP contribution >= 0.6 is 34.8 Å². The van der Waals surface area contributed by atoms with E-state index in [-0.39, 0.29) is 12.4 Å². The molecule has 1 N–H and O–H groups in total. The molecule has 0 aliphatic rings. The third-order valence-electron chi connectivity index (χ3n) is 3.23. The predicted molar refractivity (Wildman–Crippen MR) is 96.8 cm³/mol. The van der Waals surface area contributed by atoms with Crippen LogP contribution in [0.5, 0.6) is 11.5 Å². The van der Waals surface area contributed by atoms with E-state index in [1.807, 2.05) is 48.5 Å². The van der Waals surface area contributed by atoms with Gasteiger partial charge in [0, 0.05) is 0 Å². The summed E-state index contributed by atoms with van der Waals surface area (Å²) in [7, 11) is 3.23. The van der Waals surface area contributed by atoms with Gasteiger partial charge in [-0.1, -0.05) is 59.1 Å². The van der Waals surface area contributed by atoms with E-state index >= 15 is 0 Å². The Morgan fingerprint density at radius 2 is 1.17 bits per heavy atom. The molecule has 130 valence electrons. The molecular weight excluding hydrogens is 375 g/mol. The fourth-order valence-electron chi connectivity index (χ4n) is 2.16. The first-order valence-electron chi connectivity index (χ1n) is 6.79. The summed E-state index contributed by atoms with van der Waals surface area (Å²) in [6.45, 7) is -0.250. The highest BCUT2D eigenvalue weighted by atomic mass is 35.6. The molecule has 0 atom stereocenters. The van der Waals surface area contributed by atoms with Crippen molar-refractivity contribution in [3.8, 4) is 11.5 Å². The van der Waals surface area contributed by atoms with Gasteiger partial charge in [0.05, 0.1) is 20.1 Å². The Morgan fingerprint density at radius 3 is 1.38 bits per heavy atom. The largest absolute Gasteiger partial charge is 0.497 e. The number of carbonyl (C=O) groups is 1. The van der Waals surface area contributed by atoms with E-state index in [1.54, 1.807) is 14.2 Å². The first kappa shape index (κ1) is 20.4. The lowest BCUT2D eigenvalue weighted by Crippen LogP contribution is -2.18. The number of hydrogen-bond acceptors (Lipinski definition) is 3. The van der Waals surface area contributed by atoms with Crippen LogP contribution in [0.3, 0.4) is 0 Å². The zero-order valence-electron chi connectivity index (χ0n) is 13.1. The first-order valence-corrected chi connectivity index (χ1v) is 7.93. The molecule has 7 heteroatoms. The standard InChI is InChI=1S/C16H15Cl3O2.CH2O2/c1-20-13-7-3-11(4-8-13)15(16(17,18)19)12-5-9-14(21-2)10-6-12;2-1-3/h3-10,15H,1-2H3;1H,(H,2,3).